The van der Waals surface area contributed by atoms with Gasteiger partial charge in [0, 0.05) is 43.4 Å². The van der Waals surface area contributed by atoms with Crippen LogP contribution < -0.4 is 4.90 Å². The maximum Gasteiger partial charge on any atom is 0.264 e. The van der Waals surface area contributed by atoms with Gasteiger partial charge < -0.3 is 14.7 Å². The third-order valence-electron chi connectivity index (χ3n) is 5.05. The first kappa shape index (κ1) is 15.1. The van der Waals surface area contributed by atoms with Crippen LogP contribution in [0.2, 0.25) is 0 Å². The Hall–Kier alpha value is -1.40. The van der Waals surface area contributed by atoms with Gasteiger partial charge in [0.1, 0.15) is 0 Å². The van der Waals surface area contributed by atoms with Crippen LogP contribution in [0.4, 0.5) is 5.69 Å². The van der Waals surface area contributed by atoms with Crippen molar-refractivity contribution in [3.8, 4) is 0 Å². The summed E-state index contributed by atoms with van der Waals surface area (Å²) in [6, 6.07) is 1.96. The van der Waals surface area contributed by atoms with Crippen LogP contribution in [-0.2, 0) is 11.2 Å². The largest absolute Gasteiger partial charge is 0.337 e. The van der Waals surface area contributed by atoms with Crippen LogP contribution in [0.15, 0.2) is 6.07 Å². The van der Waals surface area contributed by atoms with Gasteiger partial charge in [-0.2, -0.15) is 0 Å². The van der Waals surface area contributed by atoms with Crippen molar-refractivity contribution < 1.29 is 9.59 Å². The molecule has 0 aromatic carbocycles. The van der Waals surface area contributed by atoms with Crippen molar-refractivity contribution in [1.82, 2.24) is 9.80 Å². The monoisotopic (exact) mass is 333 g/mol. The first-order valence-electron chi connectivity index (χ1n) is 8.55. The molecule has 0 spiro atoms. The maximum absolute atomic E-state index is 12.8. The average Bonchev–Trinajstić information content (AvgIpc) is 3.24. The zero-order chi connectivity index (χ0) is 16.0. The molecule has 3 aliphatic rings. The molecule has 1 saturated heterocycles. The highest BCUT2D eigenvalue weighted by molar-refractivity contribution is 7.14. The van der Waals surface area contributed by atoms with E-state index >= 15 is 0 Å². The fourth-order valence-corrected chi connectivity index (χ4v) is 4.57. The first-order valence-corrected chi connectivity index (χ1v) is 9.37. The molecule has 6 heteroatoms. The lowest BCUT2D eigenvalue weighted by atomic mass is 10.3. The SMILES string of the molecule is CN1CCCN(C(=O)c2cc3c(s2)CCN3C(=O)C2CC2)CC1. The second-order valence-electron chi connectivity index (χ2n) is 6.88. The number of likely N-dealkylation sites (N-methyl/N-ethyl adjacent to an activating group) is 1. The van der Waals surface area contributed by atoms with E-state index in [4.69, 9.17) is 0 Å². The van der Waals surface area contributed by atoms with E-state index in [9.17, 15) is 9.59 Å². The van der Waals surface area contributed by atoms with Crippen molar-refractivity contribution in [1.29, 1.82) is 0 Å². The molecule has 1 aromatic rings. The number of carbonyl (C=O) groups excluding carboxylic acids is 2. The summed E-state index contributed by atoms with van der Waals surface area (Å²) in [5.41, 5.74) is 1.00. The van der Waals surface area contributed by atoms with Gasteiger partial charge >= 0.3 is 0 Å². The minimum absolute atomic E-state index is 0.138. The molecular weight excluding hydrogens is 310 g/mol. The number of hydrogen-bond donors (Lipinski definition) is 0. The van der Waals surface area contributed by atoms with Gasteiger partial charge in [0.2, 0.25) is 5.91 Å². The molecule has 23 heavy (non-hydrogen) atoms. The normalized spacial score (nSPS) is 22.1. The number of rotatable bonds is 2. The Morgan fingerprint density at radius 2 is 1.96 bits per heavy atom. The Labute approximate surface area is 140 Å². The first-order chi connectivity index (χ1) is 11.1. The molecule has 1 aromatic heterocycles. The predicted molar refractivity (Wildman–Crippen MR) is 91.1 cm³/mol. The van der Waals surface area contributed by atoms with Crippen LogP contribution in [0.5, 0.6) is 0 Å². The quantitative estimate of drug-likeness (QED) is 0.829. The topological polar surface area (TPSA) is 43.9 Å². The van der Waals surface area contributed by atoms with E-state index in [1.54, 1.807) is 11.3 Å². The molecule has 1 aliphatic carbocycles. The highest BCUT2D eigenvalue weighted by atomic mass is 32.1. The van der Waals surface area contributed by atoms with E-state index in [1.807, 2.05) is 15.9 Å². The van der Waals surface area contributed by atoms with E-state index in [2.05, 4.69) is 11.9 Å². The highest BCUT2D eigenvalue weighted by Gasteiger charge is 2.38. The fourth-order valence-electron chi connectivity index (χ4n) is 3.45. The molecule has 0 N–H and O–H groups in total. The third-order valence-corrected chi connectivity index (χ3v) is 6.22. The van der Waals surface area contributed by atoms with Gasteiger partial charge in [-0.3, -0.25) is 9.59 Å². The number of hydrogen-bond acceptors (Lipinski definition) is 4. The van der Waals surface area contributed by atoms with Crippen LogP contribution in [0.3, 0.4) is 0 Å². The van der Waals surface area contributed by atoms with E-state index in [1.165, 1.54) is 4.88 Å². The van der Waals surface area contributed by atoms with Gasteiger partial charge in [-0.15, -0.1) is 11.3 Å². The molecule has 2 aliphatic heterocycles. The number of nitrogens with zero attached hydrogens (tertiary/aromatic N) is 3. The second-order valence-corrected chi connectivity index (χ2v) is 8.02. The smallest absolute Gasteiger partial charge is 0.264 e. The molecular formula is C17H23N3O2S. The van der Waals surface area contributed by atoms with Crippen molar-refractivity contribution in [3.05, 3.63) is 15.8 Å². The fraction of sp³-hybridized carbons (Fsp3) is 0.647. The number of carbonyl (C=O) groups is 2. The standard InChI is InChI=1S/C17H23N3O2S/c1-18-6-2-7-19(10-9-18)17(22)15-11-13-14(23-15)5-8-20(13)16(21)12-3-4-12/h11-12H,2-10H2,1H3. The average molecular weight is 333 g/mol. The zero-order valence-corrected chi connectivity index (χ0v) is 14.4. The van der Waals surface area contributed by atoms with Crippen molar-refractivity contribution in [3.63, 3.8) is 0 Å². The molecule has 0 bridgehead atoms. The second kappa shape index (κ2) is 5.91. The van der Waals surface area contributed by atoms with Gasteiger partial charge in [-0.25, -0.2) is 0 Å². The summed E-state index contributed by atoms with van der Waals surface area (Å²) >= 11 is 1.59. The Balaban J connectivity index is 1.51. The highest BCUT2D eigenvalue weighted by Crippen LogP contribution is 2.40. The molecule has 5 nitrogen and oxygen atoms in total. The molecule has 0 unspecified atom stereocenters. The van der Waals surface area contributed by atoms with Crippen molar-refractivity contribution in [2.45, 2.75) is 25.7 Å². The zero-order valence-electron chi connectivity index (χ0n) is 13.6. The van der Waals surface area contributed by atoms with Crippen LogP contribution in [0.1, 0.15) is 33.8 Å². The van der Waals surface area contributed by atoms with Gasteiger partial charge in [0.25, 0.3) is 5.91 Å². The van der Waals surface area contributed by atoms with E-state index in [-0.39, 0.29) is 17.7 Å². The molecule has 3 heterocycles. The minimum atomic E-state index is 0.138. The number of anilines is 1. The van der Waals surface area contributed by atoms with Crippen LogP contribution in [0, 0.1) is 5.92 Å². The van der Waals surface area contributed by atoms with Gasteiger partial charge in [0.05, 0.1) is 10.6 Å². The van der Waals surface area contributed by atoms with Gasteiger partial charge in [0.15, 0.2) is 0 Å². The van der Waals surface area contributed by atoms with Crippen molar-refractivity contribution >= 4 is 28.8 Å². The summed E-state index contributed by atoms with van der Waals surface area (Å²) < 4.78 is 0. The van der Waals surface area contributed by atoms with Gasteiger partial charge in [-0.05, 0) is 38.9 Å². The number of thiophene rings is 1. The minimum Gasteiger partial charge on any atom is -0.337 e. The lowest BCUT2D eigenvalue weighted by Gasteiger charge is -2.20. The number of amides is 2. The molecule has 1 saturated carbocycles. The summed E-state index contributed by atoms with van der Waals surface area (Å²) in [4.78, 5) is 33.3. The Bertz CT molecular complexity index is 638. The van der Waals surface area contributed by atoms with Crippen LogP contribution in [-0.4, -0.2) is 61.4 Å². The maximum atomic E-state index is 12.8. The molecule has 2 amide bonds. The van der Waals surface area contributed by atoms with Gasteiger partial charge in [-0.1, -0.05) is 0 Å². The summed E-state index contributed by atoms with van der Waals surface area (Å²) in [5, 5.41) is 0. The lowest BCUT2D eigenvalue weighted by Crippen LogP contribution is -2.34. The predicted octanol–water partition coefficient (Wildman–Crippen LogP) is 1.82. The van der Waals surface area contributed by atoms with E-state index < -0.39 is 0 Å². The summed E-state index contributed by atoms with van der Waals surface area (Å²) in [6.07, 6.45) is 3.98. The molecule has 124 valence electrons. The molecule has 0 atom stereocenters. The summed E-state index contributed by atoms with van der Waals surface area (Å²) in [5.74, 6) is 0.636. The summed E-state index contributed by atoms with van der Waals surface area (Å²) in [6.45, 7) is 4.40. The number of fused-ring (bicyclic) bond motifs is 1. The Morgan fingerprint density at radius 1 is 1.13 bits per heavy atom. The third kappa shape index (κ3) is 2.90. The van der Waals surface area contributed by atoms with E-state index in [0.717, 1.165) is 69.0 Å². The van der Waals surface area contributed by atoms with Crippen LogP contribution in [0.25, 0.3) is 0 Å². The van der Waals surface area contributed by atoms with Crippen molar-refractivity contribution in [2.24, 2.45) is 5.92 Å². The van der Waals surface area contributed by atoms with Crippen molar-refractivity contribution in [2.75, 3.05) is 44.7 Å². The van der Waals surface area contributed by atoms with Crippen LogP contribution >= 0.6 is 11.3 Å². The molecule has 2 fully saturated rings. The molecule has 0 radical (unpaired) electrons. The summed E-state index contributed by atoms with van der Waals surface area (Å²) in [7, 11) is 2.11. The Morgan fingerprint density at radius 3 is 2.74 bits per heavy atom. The van der Waals surface area contributed by atoms with E-state index in [0.29, 0.717) is 0 Å². The lowest BCUT2D eigenvalue weighted by molar-refractivity contribution is -0.119. The Kier molecular flexibility index (Phi) is 3.89. The molecule has 4 rings (SSSR count).